The fourth-order valence-corrected chi connectivity index (χ4v) is 7.01. The van der Waals surface area contributed by atoms with Gasteiger partial charge >= 0.3 is 5.97 Å². The fourth-order valence-electron chi connectivity index (χ4n) is 7.01. The molecule has 0 spiro atoms. The highest BCUT2D eigenvalue weighted by molar-refractivity contribution is 5.87. The SMILES string of the molecule is CCCCCCC1(C)C2CCC3(C)C(=O)CCC3C2CC(O)C1C(=O)O. The molecule has 148 valence electrons. The molecule has 0 aromatic rings. The fraction of sp³-hybridized carbons (Fsp3) is 0.909. The number of carbonyl (C=O) groups excluding carboxylic acids is 1. The van der Waals surface area contributed by atoms with E-state index in [9.17, 15) is 19.8 Å². The van der Waals surface area contributed by atoms with Crippen LogP contribution in [-0.2, 0) is 9.59 Å². The average Bonchev–Trinajstić information content (AvgIpc) is 2.87. The molecule has 2 N–H and O–H groups in total. The number of aliphatic carboxylic acids is 1. The Bertz CT molecular complexity index is 558. The maximum Gasteiger partial charge on any atom is 0.309 e. The molecular weight excluding hydrogens is 328 g/mol. The molecule has 3 aliphatic carbocycles. The Morgan fingerprint density at radius 2 is 1.88 bits per heavy atom. The Hall–Kier alpha value is -0.900. The van der Waals surface area contributed by atoms with Gasteiger partial charge in [0.2, 0.25) is 0 Å². The molecule has 3 aliphatic rings. The molecule has 3 rings (SSSR count). The van der Waals surface area contributed by atoms with Crippen molar-refractivity contribution in [3.05, 3.63) is 0 Å². The van der Waals surface area contributed by atoms with Gasteiger partial charge in [0.25, 0.3) is 0 Å². The topological polar surface area (TPSA) is 74.6 Å². The molecular formula is C22H36O4. The monoisotopic (exact) mass is 364 g/mol. The molecule has 0 amide bonds. The Morgan fingerprint density at radius 1 is 1.15 bits per heavy atom. The maximum atomic E-state index is 12.5. The number of carbonyl (C=O) groups is 2. The van der Waals surface area contributed by atoms with Crippen LogP contribution in [0.5, 0.6) is 0 Å². The number of ketones is 1. The Balaban J connectivity index is 1.89. The summed E-state index contributed by atoms with van der Waals surface area (Å²) in [6, 6.07) is 0. The van der Waals surface area contributed by atoms with Crippen molar-refractivity contribution in [1.29, 1.82) is 0 Å². The summed E-state index contributed by atoms with van der Waals surface area (Å²) in [5.41, 5.74) is -0.602. The first-order chi connectivity index (χ1) is 12.3. The standard InChI is InChI=1S/C22H36O4/c1-4-5-6-7-11-22(3)16-10-12-21(2)15(8-9-18(21)24)14(16)13-17(23)19(22)20(25)26/h14-17,19,23H,4-13H2,1-3H3,(H,25,26). The zero-order valence-electron chi connectivity index (χ0n) is 16.7. The molecule has 4 nitrogen and oxygen atoms in total. The largest absolute Gasteiger partial charge is 0.481 e. The van der Waals surface area contributed by atoms with E-state index in [1.807, 2.05) is 0 Å². The van der Waals surface area contributed by atoms with Crippen molar-refractivity contribution in [2.45, 2.75) is 91.1 Å². The average molecular weight is 365 g/mol. The van der Waals surface area contributed by atoms with E-state index < -0.39 is 18.0 Å². The lowest BCUT2D eigenvalue weighted by Crippen LogP contribution is -2.58. The molecule has 0 aliphatic heterocycles. The van der Waals surface area contributed by atoms with Crippen LogP contribution in [-0.4, -0.2) is 28.1 Å². The molecule has 0 aromatic carbocycles. The Kier molecular flexibility index (Phi) is 5.54. The molecule has 0 heterocycles. The number of rotatable bonds is 6. The Labute approximate surface area is 157 Å². The van der Waals surface area contributed by atoms with Gasteiger partial charge in [-0.1, -0.05) is 46.5 Å². The normalized spacial score (nSPS) is 45.2. The maximum absolute atomic E-state index is 12.5. The molecule has 0 radical (unpaired) electrons. The van der Waals surface area contributed by atoms with Gasteiger partial charge in [-0.2, -0.15) is 0 Å². The summed E-state index contributed by atoms with van der Waals surface area (Å²) in [5, 5.41) is 20.7. The van der Waals surface area contributed by atoms with Crippen molar-refractivity contribution in [2.24, 2.45) is 34.5 Å². The highest BCUT2D eigenvalue weighted by Crippen LogP contribution is 2.64. The first-order valence-electron chi connectivity index (χ1n) is 10.7. The van der Waals surface area contributed by atoms with E-state index in [2.05, 4.69) is 20.8 Å². The number of Topliss-reactive ketones (excluding diaryl/α,β-unsaturated/α-hetero) is 1. The number of aliphatic hydroxyl groups excluding tert-OH is 1. The summed E-state index contributed by atoms with van der Waals surface area (Å²) < 4.78 is 0. The third kappa shape index (κ3) is 3.02. The first-order valence-corrected chi connectivity index (χ1v) is 10.7. The van der Waals surface area contributed by atoms with Crippen molar-refractivity contribution < 1.29 is 19.8 Å². The molecule has 7 atom stereocenters. The van der Waals surface area contributed by atoms with Crippen LogP contribution in [0.15, 0.2) is 0 Å². The van der Waals surface area contributed by atoms with Crippen LogP contribution in [0.3, 0.4) is 0 Å². The zero-order valence-corrected chi connectivity index (χ0v) is 16.7. The first kappa shape index (κ1) is 19.9. The van der Waals surface area contributed by atoms with Crippen LogP contribution in [0.4, 0.5) is 0 Å². The minimum atomic E-state index is -0.843. The number of fused-ring (bicyclic) bond motifs is 3. The summed E-state index contributed by atoms with van der Waals surface area (Å²) in [5.74, 6) is -0.190. The second kappa shape index (κ2) is 7.26. The van der Waals surface area contributed by atoms with E-state index in [1.54, 1.807) is 0 Å². The van der Waals surface area contributed by atoms with Gasteiger partial charge in [0.1, 0.15) is 5.78 Å². The van der Waals surface area contributed by atoms with E-state index in [-0.39, 0.29) is 10.8 Å². The van der Waals surface area contributed by atoms with Crippen LogP contribution < -0.4 is 0 Å². The molecule has 3 fully saturated rings. The van der Waals surface area contributed by atoms with Crippen molar-refractivity contribution in [2.75, 3.05) is 0 Å². The predicted molar refractivity (Wildman–Crippen MR) is 101 cm³/mol. The summed E-state index contributed by atoms with van der Waals surface area (Å²) in [7, 11) is 0. The smallest absolute Gasteiger partial charge is 0.309 e. The van der Waals surface area contributed by atoms with Gasteiger partial charge in [-0.3, -0.25) is 9.59 Å². The zero-order chi connectivity index (χ0) is 19.1. The number of carboxylic acids is 1. The van der Waals surface area contributed by atoms with Gasteiger partial charge in [0.05, 0.1) is 12.0 Å². The van der Waals surface area contributed by atoms with Crippen molar-refractivity contribution in [3.63, 3.8) is 0 Å². The van der Waals surface area contributed by atoms with Crippen LogP contribution in [0.25, 0.3) is 0 Å². The second-order valence-electron chi connectivity index (χ2n) is 9.73. The molecule has 3 saturated carbocycles. The summed E-state index contributed by atoms with van der Waals surface area (Å²) in [6.07, 6.45) is 8.56. The lowest BCUT2D eigenvalue weighted by atomic mass is 9.46. The molecule has 0 aromatic heterocycles. The Morgan fingerprint density at radius 3 is 2.54 bits per heavy atom. The van der Waals surface area contributed by atoms with Crippen LogP contribution in [0.1, 0.15) is 85.0 Å². The van der Waals surface area contributed by atoms with Gasteiger partial charge in [0.15, 0.2) is 0 Å². The summed E-state index contributed by atoms with van der Waals surface area (Å²) in [6.45, 7) is 6.43. The van der Waals surface area contributed by atoms with Crippen LogP contribution in [0, 0.1) is 34.5 Å². The number of hydrogen-bond acceptors (Lipinski definition) is 3. The molecule has 0 bridgehead atoms. The lowest BCUT2D eigenvalue weighted by Gasteiger charge is -2.58. The van der Waals surface area contributed by atoms with Gasteiger partial charge in [-0.05, 0) is 55.3 Å². The van der Waals surface area contributed by atoms with Gasteiger partial charge in [0, 0.05) is 11.8 Å². The van der Waals surface area contributed by atoms with Crippen molar-refractivity contribution in [1.82, 2.24) is 0 Å². The van der Waals surface area contributed by atoms with E-state index >= 15 is 0 Å². The predicted octanol–water partition coefficient (Wildman–Crippen LogP) is 4.44. The minimum Gasteiger partial charge on any atom is -0.481 e. The van der Waals surface area contributed by atoms with Gasteiger partial charge < -0.3 is 10.2 Å². The van der Waals surface area contributed by atoms with Crippen LogP contribution >= 0.6 is 0 Å². The highest BCUT2D eigenvalue weighted by atomic mass is 16.4. The second-order valence-corrected chi connectivity index (χ2v) is 9.73. The lowest BCUT2D eigenvalue weighted by molar-refractivity contribution is -0.179. The molecule has 7 unspecified atom stereocenters. The van der Waals surface area contributed by atoms with Gasteiger partial charge in [-0.25, -0.2) is 0 Å². The molecule has 4 heteroatoms. The summed E-state index contributed by atoms with van der Waals surface area (Å²) >= 11 is 0. The summed E-state index contributed by atoms with van der Waals surface area (Å²) in [4.78, 5) is 24.6. The highest BCUT2D eigenvalue weighted by Gasteiger charge is 2.62. The number of carboxylic acid groups (broad SMARTS) is 1. The van der Waals surface area contributed by atoms with Crippen molar-refractivity contribution >= 4 is 11.8 Å². The van der Waals surface area contributed by atoms with E-state index in [1.165, 1.54) is 6.42 Å². The quantitative estimate of drug-likeness (QED) is 0.683. The van der Waals surface area contributed by atoms with Crippen molar-refractivity contribution in [3.8, 4) is 0 Å². The third-order valence-electron chi connectivity index (χ3n) is 8.44. The van der Waals surface area contributed by atoms with E-state index in [0.717, 1.165) is 44.9 Å². The number of aliphatic hydroxyl groups is 1. The minimum absolute atomic E-state index is 0.236. The number of unbranched alkanes of at least 4 members (excludes halogenated alkanes) is 3. The third-order valence-corrected chi connectivity index (χ3v) is 8.44. The van der Waals surface area contributed by atoms with Gasteiger partial charge in [-0.15, -0.1) is 0 Å². The van der Waals surface area contributed by atoms with Crippen LogP contribution in [0.2, 0.25) is 0 Å². The van der Waals surface area contributed by atoms with E-state index in [4.69, 9.17) is 0 Å². The number of hydrogen-bond donors (Lipinski definition) is 2. The molecule has 0 saturated heterocycles. The van der Waals surface area contributed by atoms with E-state index in [0.29, 0.717) is 36.4 Å². The molecule has 26 heavy (non-hydrogen) atoms.